The van der Waals surface area contributed by atoms with Crippen molar-refractivity contribution in [3.05, 3.63) is 66.2 Å². The number of rotatable bonds is 6. The van der Waals surface area contributed by atoms with E-state index >= 15 is 0 Å². The van der Waals surface area contributed by atoms with Crippen molar-refractivity contribution in [1.82, 2.24) is 19.3 Å². The number of nitrogens with one attached hydrogen (secondary N) is 2. The van der Waals surface area contributed by atoms with E-state index in [2.05, 4.69) is 67.9 Å². The van der Waals surface area contributed by atoms with Crippen LogP contribution in [0.3, 0.4) is 0 Å². The predicted octanol–water partition coefficient (Wildman–Crippen LogP) is 4.34. The van der Waals surface area contributed by atoms with Crippen LogP contribution in [-0.2, 0) is 17.6 Å². The largest absolute Gasteiger partial charge is 0.368 e. The molecule has 2 aliphatic rings. The number of carbonyl (C=O) groups excluding carboxylic acids is 1. The molecule has 0 unspecified atom stereocenters. The molecule has 1 fully saturated rings. The molecular formula is C28H31N7O. The molecule has 0 atom stereocenters. The van der Waals surface area contributed by atoms with Crippen LogP contribution in [0, 0.1) is 0 Å². The highest BCUT2D eigenvalue weighted by Crippen LogP contribution is 2.35. The van der Waals surface area contributed by atoms with Gasteiger partial charge in [-0.2, -0.15) is 0 Å². The first-order valence-electron chi connectivity index (χ1n) is 12.8. The predicted molar refractivity (Wildman–Crippen MR) is 144 cm³/mol. The first-order chi connectivity index (χ1) is 17.6. The molecule has 4 aromatic rings. The van der Waals surface area contributed by atoms with Crippen molar-refractivity contribution in [1.29, 1.82) is 0 Å². The van der Waals surface area contributed by atoms with Gasteiger partial charge in [0.1, 0.15) is 5.82 Å². The number of amides is 1. The lowest BCUT2D eigenvalue weighted by Gasteiger charge is -2.35. The fraction of sp³-hybridized carbons (Fsp3) is 0.321. The maximum Gasteiger partial charge on any atom is 0.228 e. The van der Waals surface area contributed by atoms with E-state index in [1.165, 1.54) is 5.69 Å². The molecule has 0 spiro atoms. The Balaban J connectivity index is 1.31. The number of hydrogen-bond acceptors (Lipinski definition) is 6. The monoisotopic (exact) mass is 481 g/mol. The normalized spacial score (nSPS) is 15.8. The van der Waals surface area contributed by atoms with Gasteiger partial charge in [-0.3, -0.25) is 4.79 Å². The molecule has 2 aliphatic heterocycles. The lowest BCUT2D eigenvalue weighted by atomic mass is 9.99. The molecule has 3 aromatic heterocycles. The number of pyridine rings is 2. The number of piperazine rings is 1. The number of imidazole rings is 1. The Morgan fingerprint density at radius 2 is 1.89 bits per heavy atom. The Kier molecular flexibility index (Phi) is 5.81. The first kappa shape index (κ1) is 22.5. The molecule has 184 valence electrons. The van der Waals surface area contributed by atoms with Gasteiger partial charge in [-0.15, -0.1) is 0 Å². The molecule has 2 N–H and O–H groups in total. The standard InChI is InChI=1S/C28H31N7O/c1-3-25-22(19-5-6-20-16-27(36)32-23(20)15-19)17-24(28-29-9-10-35(25)28)31-26-8-7-21(18-30-26)34-13-11-33(4-2)12-14-34/h5-10,15,17-18H,3-4,11-14,16H2,1-2H3,(H,30,31)(H,32,36). The highest BCUT2D eigenvalue weighted by molar-refractivity contribution is 6.00. The summed E-state index contributed by atoms with van der Waals surface area (Å²) >= 11 is 0. The molecule has 36 heavy (non-hydrogen) atoms. The van der Waals surface area contributed by atoms with Crippen LogP contribution in [0.25, 0.3) is 16.8 Å². The van der Waals surface area contributed by atoms with Crippen LogP contribution in [0.4, 0.5) is 22.9 Å². The van der Waals surface area contributed by atoms with Crippen molar-refractivity contribution < 1.29 is 4.79 Å². The second-order valence-electron chi connectivity index (χ2n) is 9.44. The van der Waals surface area contributed by atoms with Crippen LogP contribution in [-0.4, -0.2) is 57.9 Å². The summed E-state index contributed by atoms with van der Waals surface area (Å²) in [5, 5.41) is 6.49. The third-order valence-electron chi connectivity index (χ3n) is 7.35. The van der Waals surface area contributed by atoms with Crippen molar-refractivity contribution in [2.45, 2.75) is 26.7 Å². The van der Waals surface area contributed by atoms with Crippen molar-refractivity contribution in [2.24, 2.45) is 0 Å². The topological polar surface area (TPSA) is 77.8 Å². The van der Waals surface area contributed by atoms with Crippen LogP contribution in [0.15, 0.2) is 55.0 Å². The maximum absolute atomic E-state index is 11.9. The molecule has 1 saturated heterocycles. The quantitative estimate of drug-likeness (QED) is 0.427. The number of carbonyl (C=O) groups is 1. The molecule has 6 rings (SSSR count). The summed E-state index contributed by atoms with van der Waals surface area (Å²) in [5.74, 6) is 0.833. The smallest absolute Gasteiger partial charge is 0.228 e. The SMILES string of the molecule is CCc1c(-c2ccc3c(c2)NC(=O)C3)cc(Nc2ccc(N3CCN(CC)CC3)cn2)c2nccn12. The second kappa shape index (κ2) is 9.28. The Labute approximate surface area is 211 Å². The highest BCUT2D eigenvalue weighted by Gasteiger charge is 2.20. The van der Waals surface area contributed by atoms with E-state index in [0.717, 1.165) is 84.4 Å². The molecule has 1 amide bonds. The Morgan fingerprint density at radius 1 is 1.03 bits per heavy atom. The third-order valence-corrected chi connectivity index (χ3v) is 7.35. The third kappa shape index (κ3) is 4.07. The van der Waals surface area contributed by atoms with Gasteiger partial charge < -0.3 is 24.8 Å². The van der Waals surface area contributed by atoms with E-state index in [4.69, 9.17) is 4.98 Å². The van der Waals surface area contributed by atoms with Crippen molar-refractivity contribution in [3.8, 4) is 11.1 Å². The van der Waals surface area contributed by atoms with Crippen molar-refractivity contribution in [2.75, 3.05) is 48.3 Å². The molecule has 0 saturated carbocycles. The fourth-order valence-corrected chi connectivity index (χ4v) is 5.33. The number of fused-ring (bicyclic) bond motifs is 2. The lowest BCUT2D eigenvalue weighted by molar-refractivity contribution is -0.115. The maximum atomic E-state index is 11.9. The molecule has 8 heteroatoms. The van der Waals surface area contributed by atoms with Gasteiger partial charge in [-0.25, -0.2) is 9.97 Å². The van der Waals surface area contributed by atoms with Crippen LogP contribution >= 0.6 is 0 Å². The van der Waals surface area contributed by atoms with Crippen molar-refractivity contribution in [3.63, 3.8) is 0 Å². The van der Waals surface area contributed by atoms with Gasteiger partial charge in [0.15, 0.2) is 5.65 Å². The van der Waals surface area contributed by atoms with Gasteiger partial charge in [0, 0.05) is 55.5 Å². The minimum Gasteiger partial charge on any atom is -0.368 e. The van der Waals surface area contributed by atoms with Crippen LogP contribution in [0.2, 0.25) is 0 Å². The zero-order chi connectivity index (χ0) is 24.6. The zero-order valence-electron chi connectivity index (χ0n) is 20.8. The number of aryl methyl sites for hydroxylation is 1. The molecule has 0 bridgehead atoms. The van der Waals surface area contributed by atoms with E-state index < -0.39 is 0 Å². The van der Waals surface area contributed by atoms with Crippen LogP contribution in [0.1, 0.15) is 25.1 Å². The fourth-order valence-electron chi connectivity index (χ4n) is 5.33. The van der Waals surface area contributed by atoms with Gasteiger partial charge >= 0.3 is 0 Å². The molecule has 1 aromatic carbocycles. The van der Waals surface area contributed by atoms with E-state index in [0.29, 0.717) is 6.42 Å². The number of nitrogens with zero attached hydrogens (tertiary/aromatic N) is 5. The molecule has 5 heterocycles. The van der Waals surface area contributed by atoms with Crippen LogP contribution < -0.4 is 15.5 Å². The number of hydrogen-bond donors (Lipinski definition) is 2. The van der Waals surface area contributed by atoms with Gasteiger partial charge in [0.2, 0.25) is 5.91 Å². The number of likely N-dealkylation sites (N-methyl/N-ethyl adjacent to an activating group) is 1. The summed E-state index contributed by atoms with van der Waals surface area (Å²) in [5.41, 5.74) is 8.22. The summed E-state index contributed by atoms with van der Waals surface area (Å²) < 4.78 is 2.14. The van der Waals surface area contributed by atoms with Gasteiger partial charge in [0.25, 0.3) is 0 Å². The van der Waals surface area contributed by atoms with E-state index in [1.54, 1.807) is 0 Å². The lowest BCUT2D eigenvalue weighted by Crippen LogP contribution is -2.46. The summed E-state index contributed by atoms with van der Waals surface area (Å²) in [4.78, 5) is 26.1. The number of aromatic nitrogens is 3. The van der Waals surface area contributed by atoms with E-state index in [-0.39, 0.29) is 5.91 Å². The number of benzene rings is 1. The summed E-state index contributed by atoms with van der Waals surface area (Å²) in [6, 6.07) is 12.6. The number of anilines is 4. The minimum absolute atomic E-state index is 0.0482. The van der Waals surface area contributed by atoms with Crippen molar-refractivity contribution >= 4 is 34.4 Å². The summed E-state index contributed by atoms with van der Waals surface area (Å²) in [6.07, 6.45) is 7.09. The van der Waals surface area contributed by atoms with E-state index in [9.17, 15) is 4.79 Å². The van der Waals surface area contributed by atoms with E-state index in [1.807, 2.05) is 30.7 Å². The molecule has 8 nitrogen and oxygen atoms in total. The Bertz CT molecular complexity index is 1420. The first-order valence-corrected chi connectivity index (χ1v) is 12.8. The zero-order valence-corrected chi connectivity index (χ0v) is 20.8. The molecule has 0 aliphatic carbocycles. The van der Waals surface area contributed by atoms with Gasteiger partial charge in [0.05, 0.1) is 24.0 Å². The van der Waals surface area contributed by atoms with Gasteiger partial charge in [-0.05, 0) is 48.4 Å². The molecular weight excluding hydrogens is 450 g/mol. The van der Waals surface area contributed by atoms with Gasteiger partial charge in [-0.1, -0.05) is 26.0 Å². The Morgan fingerprint density at radius 3 is 2.64 bits per heavy atom. The summed E-state index contributed by atoms with van der Waals surface area (Å²) in [6.45, 7) is 9.72. The van der Waals surface area contributed by atoms with Crippen LogP contribution in [0.5, 0.6) is 0 Å². The molecule has 0 radical (unpaired) electrons. The minimum atomic E-state index is 0.0482. The Hall–Kier alpha value is -3.91. The average Bonchev–Trinajstić information content (AvgIpc) is 3.55. The summed E-state index contributed by atoms with van der Waals surface area (Å²) in [7, 11) is 0. The average molecular weight is 482 g/mol. The highest BCUT2D eigenvalue weighted by atomic mass is 16.1. The second-order valence-corrected chi connectivity index (χ2v) is 9.44.